The summed E-state index contributed by atoms with van der Waals surface area (Å²) in [4.78, 5) is 20.8. The van der Waals surface area contributed by atoms with Gasteiger partial charge in [-0.15, -0.1) is 0 Å². The molecule has 0 aliphatic rings. The van der Waals surface area contributed by atoms with Gasteiger partial charge in [0.2, 0.25) is 0 Å². The third-order valence-electron chi connectivity index (χ3n) is 1.78. The zero-order chi connectivity index (χ0) is 14.4. The van der Waals surface area contributed by atoms with E-state index in [0.29, 0.717) is 19.6 Å². The van der Waals surface area contributed by atoms with Crippen LogP contribution in [-0.2, 0) is 26.7 Å². The maximum atomic E-state index is 9.50. The molecule has 0 atom stereocenters. The molecule has 0 aromatic heterocycles. The van der Waals surface area contributed by atoms with Crippen LogP contribution in [0.5, 0.6) is 0 Å². The van der Waals surface area contributed by atoms with Gasteiger partial charge in [-0.2, -0.15) is 0 Å². The summed E-state index contributed by atoms with van der Waals surface area (Å²) in [5.74, 6) is -2.73. The monoisotopic (exact) mass is 321 g/mol. The van der Waals surface area contributed by atoms with Gasteiger partial charge in [-0.3, -0.25) is 4.90 Å². The van der Waals surface area contributed by atoms with Crippen LogP contribution in [-0.4, -0.2) is 71.6 Å². The second kappa shape index (κ2) is 17.3. The molecular formula is C10H19FeNO7+. The molecule has 3 N–H and O–H groups in total. The average molecular weight is 321 g/mol. The molecule has 0 rings (SSSR count). The summed E-state index contributed by atoms with van der Waals surface area (Å²) >= 11 is 0. The van der Waals surface area contributed by atoms with E-state index in [2.05, 4.69) is 0 Å². The van der Waals surface area contributed by atoms with E-state index in [1.54, 1.807) is 4.90 Å². The van der Waals surface area contributed by atoms with E-state index >= 15 is 0 Å². The number of nitrogens with zero attached hydrogens (tertiary/aromatic N) is 1. The third-order valence-corrected chi connectivity index (χ3v) is 1.78. The first-order valence-electron chi connectivity index (χ1n) is 5.42. The summed E-state index contributed by atoms with van der Waals surface area (Å²) in [5.41, 5.74) is 0. The van der Waals surface area contributed by atoms with Crippen molar-refractivity contribution >= 4 is 11.9 Å². The molecule has 0 fully saturated rings. The Balaban J connectivity index is -0.000000262. The van der Waals surface area contributed by atoms with E-state index in [-0.39, 0.29) is 36.9 Å². The molecule has 0 unspecified atom stereocenters. The minimum Gasteiger partial charge on any atom is -0.550 e. The number of hydrogen-bond acceptors (Lipinski definition) is 8. The Hall–Kier alpha value is -0.701. The smallest absolute Gasteiger partial charge is 0.550 e. The van der Waals surface area contributed by atoms with Gasteiger partial charge in [-0.05, 0) is 12.8 Å². The first kappa shape index (κ1) is 23.4. The minimum absolute atomic E-state index is 0. The molecule has 0 aromatic rings. The van der Waals surface area contributed by atoms with Crippen LogP contribution in [0.3, 0.4) is 0 Å². The van der Waals surface area contributed by atoms with Crippen LogP contribution >= 0.6 is 0 Å². The van der Waals surface area contributed by atoms with Gasteiger partial charge in [0.1, 0.15) is 0 Å². The third kappa shape index (κ3) is 22.9. The van der Waals surface area contributed by atoms with Gasteiger partial charge in [-0.25, -0.2) is 0 Å². The number of carboxylic acid groups (broad SMARTS) is 2. The molecule has 0 spiro atoms. The van der Waals surface area contributed by atoms with Gasteiger partial charge in [0.05, 0.1) is 19.8 Å². The van der Waals surface area contributed by atoms with Crippen LogP contribution in [0.1, 0.15) is 12.8 Å². The second-order valence-electron chi connectivity index (χ2n) is 3.26. The van der Waals surface area contributed by atoms with Crippen LogP contribution < -0.4 is 10.2 Å². The second-order valence-corrected chi connectivity index (χ2v) is 3.26. The molecule has 113 valence electrons. The number of hydrogen-bond donors (Lipinski definition) is 3. The summed E-state index contributed by atoms with van der Waals surface area (Å²) in [7, 11) is 0. The molecule has 0 aliphatic heterocycles. The first-order valence-corrected chi connectivity index (χ1v) is 5.42. The number of aliphatic hydroxyl groups excluding tert-OH is 3. The molecule has 8 nitrogen and oxygen atoms in total. The maximum Gasteiger partial charge on any atom is 3.00 e. The number of carboxylic acids is 2. The molecule has 0 heterocycles. The zero-order valence-electron chi connectivity index (χ0n) is 10.4. The van der Waals surface area contributed by atoms with Crippen LogP contribution in [0, 0.1) is 0 Å². The summed E-state index contributed by atoms with van der Waals surface area (Å²) in [5, 5.41) is 44.5. The van der Waals surface area contributed by atoms with Crippen molar-refractivity contribution in [1.29, 1.82) is 0 Å². The van der Waals surface area contributed by atoms with E-state index in [4.69, 9.17) is 15.3 Å². The Labute approximate surface area is 122 Å². The molecular weight excluding hydrogens is 302 g/mol. The molecule has 19 heavy (non-hydrogen) atoms. The number of aliphatic carboxylic acids is 2. The fraction of sp³-hybridized carbons (Fsp3) is 0.800. The van der Waals surface area contributed by atoms with E-state index in [1.807, 2.05) is 0 Å². The van der Waals surface area contributed by atoms with E-state index in [0.717, 1.165) is 0 Å². The summed E-state index contributed by atoms with van der Waals surface area (Å²) in [6.45, 7) is 1.75. The SMILES string of the molecule is O=C([O-])CCC(=O)[O-].OCCN(CCO)CCO.[Fe+3]. The molecule has 9 heteroatoms. The van der Waals surface area contributed by atoms with Gasteiger partial charge in [0.25, 0.3) is 0 Å². The van der Waals surface area contributed by atoms with Gasteiger partial charge in [0, 0.05) is 31.6 Å². The van der Waals surface area contributed by atoms with Crippen molar-refractivity contribution in [3.05, 3.63) is 0 Å². The van der Waals surface area contributed by atoms with E-state index < -0.39 is 24.8 Å². The topological polar surface area (TPSA) is 144 Å². The number of carbonyl (C=O) groups excluding carboxylic acids is 2. The van der Waals surface area contributed by atoms with Gasteiger partial charge in [0.15, 0.2) is 0 Å². The molecule has 1 radical (unpaired) electrons. The van der Waals surface area contributed by atoms with Crippen molar-refractivity contribution in [3.8, 4) is 0 Å². The van der Waals surface area contributed by atoms with Crippen LogP contribution in [0.2, 0.25) is 0 Å². The Morgan fingerprint density at radius 1 is 0.789 bits per heavy atom. The standard InChI is InChI=1S/C6H15NO3.C4H6O4.Fe/c8-4-1-7(2-5-9)3-6-10;5-3(6)1-2-4(7)8;/h8-10H,1-6H2;1-2H2,(H,5,6)(H,7,8);/q;;+3/p-2. The summed E-state index contributed by atoms with van der Waals surface area (Å²) in [6, 6.07) is 0. The van der Waals surface area contributed by atoms with Crippen molar-refractivity contribution in [1.82, 2.24) is 4.90 Å². The quantitative estimate of drug-likeness (QED) is 0.361. The Kier molecular flexibility index (Phi) is 21.3. The summed E-state index contributed by atoms with van der Waals surface area (Å²) < 4.78 is 0. The van der Waals surface area contributed by atoms with Gasteiger partial charge < -0.3 is 35.1 Å². The molecule has 0 amide bonds. The largest absolute Gasteiger partial charge is 3.00 e. The number of aliphatic hydroxyl groups is 3. The molecule has 0 aromatic carbocycles. The fourth-order valence-corrected chi connectivity index (χ4v) is 0.964. The van der Waals surface area contributed by atoms with Crippen molar-refractivity contribution < 1.29 is 52.2 Å². The van der Waals surface area contributed by atoms with Crippen molar-refractivity contribution in [2.75, 3.05) is 39.5 Å². The van der Waals surface area contributed by atoms with Gasteiger partial charge in [-0.1, -0.05) is 0 Å². The molecule has 0 aliphatic carbocycles. The zero-order valence-corrected chi connectivity index (χ0v) is 11.5. The average Bonchev–Trinajstić information content (AvgIpc) is 2.28. The fourth-order valence-electron chi connectivity index (χ4n) is 0.964. The van der Waals surface area contributed by atoms with Crippen molar-refractivity contribution in [2.45, 2.75) is 12.8 Å². The maximum absolute atomic E-state index is 9.50. The molecule has 0 saturated carbocycles. The normalized spacial score (nSPS) is 9.26. The van der Waals surface area contributed by atoms with Crippen molar-refractivity contribution in [3.63, 3.8) is 0 Å². The van der Waals surface area contributed by atoms with Crippen LogP contribution in [0.25, 0.3) is 0 Å². The Morgan fingerprint density at radius 3 is 1.21 bits per heavy atom. The Morgan fingerprint density at radius 2 is 1.05 bits per heavy atom. The molecule has 0 saturated heterocycles. The Bertz CT molecular complexity index is 200. The van der Waals surface area contributed by atoms with E-state index in [9.17, 15) is 19.8 Å². The van der Waals surface area contributed by atoms with Crippen molar-refractivity contribution in [2.24, 2.45) is 0 Å². The first-order chi connectivity index (χ1) is 8.47. The number of carbonyl (C=O) groups is 2. The summed E-state index contributed by atoms with van der Waals surface area (Å²) in [6.07, 6.45) is -0.940. The van der Waals surface area contributed by atoms with Crippen LogP contribution in [0.4, 0.5) is 0 Å². The predicted octanol–water partition coefficient (Wildman–Crippen LogP) is -4.47. The predicted molar refractivity (Wildman–Crippen MR) is 56.9 cm³/mol. The minimum atomic E-state index is -1.37. The molecule has 0 bridgehead atoms. The van der Waals surface area contributed by atoms with E-state index in [1.165, 1.54) is 0 Å². The number of rotatable bonds is 9. The van der Waals surface area contributed by atoms with Gasteiger partial charge >= 0.3 is 17.1 Å². The van der Waals surface area contributed by atoms with Crippen LogP contribution in [0.15, 0.2) is 0 Å².